The van der Waals surface area contributed by atoms with Crippen molar-refractivity contribution in [3.8, 4) is 5.75 Å². The predicted molar refractivity (Wildman–Crippen MR) is 100 cm³/mol. The van der Waals surface area contributed by atoms with Gasteiger partial charge in [-0.25, -0.2) is 0 Å². The van der Waals surface area contributed by atoms with Gasteiger partial charge in [-0.05, 0) is 31.0 Å². The summed E-state index contributed by atoms with van der Waals surface area (Å²) >= 11 is 6.07. The summed E-state index contributed by atoms with van der Waals surface area (Å²) in [4.78, 5) is 26.1. The summed E-state index contributed by atoms with van der Waals surface area (Å²) in [7, 11) is 1.54. The van der Waals surface area contributed by atoms with Gasteiger partial charge in [-0.3, -0.25) is 9.59 Å². The molecule has 0 atom stereocenters. The molecule has 138 valence electrons. The van der Waals surface area contributed by atoms with Crippen molar-refractivity contribution < 1.29 is 14.3 Å². The van der Waals surface area contributed by atoms with E-state index in [4.69, 9.17) is 16.3 Å². The number of nitrogens with zero attached hydrogens (tertiary/aromatic N) is 1. The summed E-state index contributed by atoms with van der Waals surface area (Å²) in [6.07, 6.45) is 7.14. The van der Waals surface area contributed by atoms with Crippen LogP contribution in [0.25, 0.3) is 0 Å². The van der Waals surface area contributed by atoms with Crippen molar-refractivity contribution in [2.24, 2.45) is 0 Å². The molecule has 2 amide bonds. The summed E-state index contributed by atoms with van der Waals surface area (Å²) in [5.41, 5.74) is 0.625. The quantitative estimate of drug-likeness (QED) is 0.765. The molecule has 0 saturated heterocycles. The molecule has 1 aliphatic rings. The van der Waals surface area contributed by atoms with E-state index in [9.17, 15) is 9.59 Å². The molecule has 0 aliphatic heterocycles. The average Bonchev–Trinajstić information content (AvgIpc) is 2.84. The van der Waals surface area contributed by atoms with Gasteiger partial charge in [-0.15, -0.1) is 0 Å². The number of ether oxygens (including phenoxy) is 1. The lowest BCUT2D eigenvalue weighted by atomic mass is 10.1. The molecule has 1 aromatic carbocycles. The lowest BCUT2D eigenvalue weighted by Crippen LogP contribution is -2.40. The van der Waals surface area contributed by atoms with Crippen molar-refractivity contribution in [2.45, 2.75) is 57.9 Å². The van der Waals surface area contributed by atoms with Crippen molar-refractivity contribution in [1.82, 2.24) is 4.90 Å². The van der Waals surface area contributed by atoms with Gasteiger partial charge in [0, 0.05) is 31.6 Å². The molecule has 1 saturated carbocycles. The van der Waals surface area contributed by atoms with Crippen molar-refractivity contribution in [2.75, 3.05) is 19.0 Å². The molecule has 0 aromatic heterocycles. The fourth-order valence-electron chi connectivity index (χ4n) is 3.36. The van der Waals surface area contributed by atoms with Gasteiger partial charge >= 0.3 is 0 Å². The first-order chi connectivity index (χ1) is 12.0. The van der Waals surface area contributed by atoms with Crippen LogP contribution in [0.3, 0.4) is 0 Å². The van der Waals surface area contributed by atoms with Crippen molar-refractivity contribution in [1.29, 1.82) is 0 Å². The monoisotopic (exact) mass is 366 g/mol. The molecule has 0 spiro atoms. The number of hydrogen-bond donors (Lipinski definition) is 1. The van der Waals surface area contributed by atoms with E-state index in [1.807, 2.05) is 4.90 Å². The minimum absolute atomic E-state index is 0.0483. The van der Waals surface area contributed by atoms with Crippen LogP contribution in [0.5, 0.6) is 5.75 Å². The highest BCUT2D eigenvalue weighted by Gasteiger charge is 2.22. The summed E-state index contributed by atoms with van der Waals surface area (Å²) in [5.74, 6) is 0.490. The lowest BCUT2D eigenvalue weighted by Gasteiger charge is -2.30. The molecule has 0 bridgehead atoms. The number of benzene rings is 1. The maximum Gasteiger partial charge on any atom is 0.226 e. The molecule has 25 heavy (non-hydrogen) atoms. The number of anilines is 1. The summed E-state index contributed by atoms with van der Waals surface area (Å²) in [5, 5.41) is 3.27. The molecule has 5 nitrogen and oxygen atoms in total. The Kier molecular flexibility index (Phi) is 7.56. The standard InChI is InChI=1S/C19H27ClN2O3/c1-14(23)22(16-7-5-3-4-6-8-16)12-11-19(24)21-15-9-10-18(25-2)17(20)13-15/h9-10,13,16H,3-8,11-12H2,1-2H3,(H,21,24). The highest BCUT2D eigenvalue weighted by Crippen LogP contribution is 2.27. The minimum atomic E-state index is -0.124. The van der Waals surface area contributed by atoms with E-state index in [1.54, 1.807) is 32.2 Å². The Labute approximate surface area is 154 Å². The molecule has 0 radical (unpaired) electrons. The molecule has 0 heterocycles. The van der Waals surface area contributed by atoms with Gasteiger partial charge in [-0.1, -0.05) is 37.3 Å². The van der Waals surface area contributed by atoms with E-state index >= 15 is 0 Å². The van der Waals surface area contributed by atoms with Crippen LogP contribution in [0.1, 0.15) is 51.9 Å². The number of halogens is 1. The van der Waals surface area contributed by atoms with Gasteiger partial charge in [-0.2, -0.15) is 0 Å². The molecule has 1 aliphatic carbocycles. The molecular formula is C19H27ClN2O3. The highest BCUT2D eigenvalue weighted by atomic mass is 35.5. The second-order valence-corrected chi connectivity index (χ2v) is 6.91. The zero-order valence-corrected chi connectivity index (χ0v) is 15.8. The topological polar surface area (TPSA) is 58.6 Å². The van der Waals surface area contributed by atoms with Crippen molar-refractivity contribution in [3.63, 3.8) is 0 Å². The highest BCUT2D eigenvalue weighted by molar-refractivity contribution is 6.32. The van der Waals surface area contributed by atoms with Crippen molar-refractivity contribution >= 4 is 29.1 Å². The largest absolute Gasteiger partial charge is 0.495 e. The Morgan fingerprint density at radius 1 is 1.24 bits per heavy atom. The molecule has 6 heteroatoms. The molecular weight excluding hydrogens is 340 g/mol. The Bertz CT molecular complexity index is 598. The second kappa shape index (κ2) is 9.66. The minimum Gasteiger partial charge on any atom is -0.495 e. The van der Waals surface area contributed by atoms with E-state index in [0.717, 1.165) is 25.7 Å². The van der Waals surface area contributed by atoms with Crippen LogP contribution < -0.4 is 10.1 Å². The molecule has 1 fully saturated rings. The Hall–Kier alpha value is -1.75. The zero-order chi connectivity index (χ0) is 18.2. The van der Waals surface area contributed by atoms with Crippen LogP contribution in [-0.4, -0.2) is 36.4 Å². The summed E-state index contributed by atoms with van der Waals surface area (Å²) in [6, 6.07) is 5.39. The van der Waals surface area contributed by atoms with Gasteiger partial charge < -0.3 is 15.0 Å². The van der Waals surface area contributed by atoms with Gasteiger partial charge in [0.05, 0.1) is 12.1 Å². The number of amides is 2. The van der Waals surface area contributed by atoms with Crippen LogP contribution in [0, 0.1) is 0 Å². The average molecular weight is 367 g/mol. The van der Waals surface area contributed by atoms with E-state index < -0.39 is 0 Å². The van der Waals surface area contributed by atoms with E-state index in [2.05, 4.69) is 5.32 Å². The Morgan fingerprint density at radius 3 is 2.48 bits per heavy atom. The maximum atomic E-state index is 12.2. The van der Waals surface area contributed by atoms with Gasteiger partial charge in [0.2, 0.25) is 11.8 Å². The van der Waals surface area contributed by atoms with Crippen LogP contribution >= 0.6 is 11.6 Å². The zero-order valence-electron chi connectivity index (χ0n) is 15.0. The first kappa shape index (κ1) is 19.6. The van der Waals surface area contributed by atoms with Gasteiger partial charge in [0.25, 0.3) is 0 Å². The van der Waals surface area contributed by atoms with Crippen LogP contribution in [0.4, 0.5) is 5.69 Å². The first-order valence-electron chi connectivity index (χ1n) is 8.92. The summed E-state index contributed by atoms with van der Waals surface area (Å²) < 4.78 is 5.10. The number of rotatable bonds is 6. The maximum absolute atomic E-state index is 12.2. The molecule has 1 aromatic rings. The Morgan fingerprint density at radius 2 is 1.92 bits per heavy atom. The van der Waals surface area contributed by atoms with Crippen LogP contribution in [0.2, 0.25) is 5.02 Å². The Balaban J connectivity index is 1.90. The third-order valence-corrected chi connectivity index (χ3v) is 4.98. The fraction of sp³-hybridized carbons (Fsp3) is 0.579. The smallest absolute Gasteiger partial charge is 0.226 e. The third-order valence-electron chi connectivity index (χ3n) is 4.69. The van der Waals surface area contributed by atoms with Crippen molar-refractivity contribution in [3.05, 3.63) is 23.2 Å². The molecule has 1 N–H and O–H groups in total. The number of nitrogens with one attached hydrogen (secondary N) is 1. The lowest BCUT2D eigenvalue weighted by molar-refractivity contribution is -0.131. The number of methoxy groups -OCH3 is 1. The van der Waals surface area contributed by atoms with E-state index in [-0.39, 0.29) is 24.3 Å². The van der Waals surface area contributed by atoms with Crippen LogP contribution in [0.15, 0.2) is 18.2 Å². The summed E-state index contributed by atoms with van der Waals surface area (Å²) in [6.45, 7) is 2.04. The number of carbonyl (C=O) groups is 2. The van der Waals surface area contributed by atoms with E-state index in [1.165, 1.54) is 12.8 Å². The van der Waals surface area contributed by atoms with Gasteiger partial charge in [0.1, 0.15) is 5.75 Å². The molecule has 2 rings (SSSR count). The third kappa shape index (κ3) is 5.92. The number of hydrogen-bond acceptors (Lipinski definition) is 3. The fourth-order valence-corrected chi connectivity index (χ4v) is 3.61. The predicted octanol–water partition coefficient (Wildman–Crippen LogP) is 4.25. The normalized spacial score (nSPS) is 15.3. The first-order valence-corrected chi connectivity index (χ1v) is 9.29. The second-order valence-electron chi connectivity index (χ2n) is 6.51. The van der Waals surface area contributed by atoms with E-state index in [0.29, 0.717) is 23.0 Å². The van der Waals surface area contributed by atoms with Crippen LogP contribution in [-0.2, 0) is 9.59 Å². The van der Waals surface area contributed by atoms with Gasteiger partial charge in [0.15, 0.2) is 0 Å². The SMILES string of the molecule is COc1ccc(NC(=O)CCN(C(C)=O)C2CCCCCC2)cc1Cl. The molecule has 0 unspecified atom stereocenters. The number of carbonyl (C=O) groups excluding carboxylic acids is 2.